The summed E-state index contributed by atoms with van der Waals surface area (Å²) in [5, 5.41) is 4.26. The predicted octanol–water partition coefficient (Wildman–Crippen LogP) is 7.03. The number of fused-ring (bicyclic) bond motifs is 1. The Morgan fingerprint density at radius 2 is 1.56 bits per heavy atom. The third-order valence-corrected chi connectivity index (χ3v) is 6.77. The Labute approximate surface area is 189 Å². The number of carbonyl (C=O) groups is 1. The van der Waals surface area contributed by atoms with Crippen molar-refractivity contribution in [2.75, 3.05) is 5.32 Å². The highest BCUT2D eigenvalue weighted by Gasteiger charge is 2.40. The van der Waals surface area contributed by atoms with Gasteiger partial charge in [0, 0.05) is 5.39 Å². The topological polar surface area (TPSA) is 42.0 Å². The smallest absolute Gasteiger partial charge is 0.230 e. The normalized spacial score (nSPS) is 15.4. The van der Waals surface area contributed by atoms with E-state index >= 15 is 0 Å². The van der Waals surface area contributed by atoms with Gasteiger partial charge in [0.05, 0.1) is 22.8 Å². The molecule has 3 nitrogen and oxygen atoms in total. The fourth-order valence-corrected chi connectivity index (χ4v) is 5.05. The Bertz CT molecular complexity index is 1230. The van der Waals surface area contributed by atoms with Gasteiger partial charge in [0.1, 0.15) is 0 Å². The third kappa shape index (κ3) is 4.16. The Morgan fingerprint density at radius 1 is 0.844 bits per heavy atom. The second-order valence-electron chi connectivity index (χ2n) is 8.91. The lowest BCUT2D eigenvalue weighted by atomic mass is 9.69. The van der Waals surface area contributed by atoms with Gasteiger partial charge in [-0.25, -0.2) is 0 Å². The van der Waals surface area contributed by atoms with Crippen LogP contribution < -0.4 is 5.32 Å². The van der Waals surface area contributed by atoms with Gasteiger partial charge >= 0.3 is 0 Å². The molecule has 1 amide bonds. The lowest BCUT2D eigenvalue weighted by Gasteiger charge is -2.36. The third-order valence-electron chi connectivity index (χ3n) is 6.77. The van der Waals surface area contributed by atoms with Gasteiger partial charge in [-0.15, -0.1) is 0 Å². The summed E-state index contributed by atoms with van der Waals surface area (Å²) in [7, 11) is 0. The minimum Gasteiger partial charge on any atom is -0.324 e. The Morgan fingerprint density at radius 3 is 2.41 bits per heavy atom. The molecule has 1 saturated carbocycles. The van der Waals surface area contributed by atoms with E-state index in [2.05, 4.69) is 58.8 Å². The summed E-state index contributed by atoms with van der Waals surface area (Å²) < 4.78 is 0. The number of rotatable bonds is 5. The first-order valence-corrected chi connectivity index (χ1v) is 11.5. The van der Waals surface area contributed by atoms with E-state index in [1.165, 1.54) is 23.1 Å². The highest BCUT2D eigenvalue weighted by molar-refractivity contribution is 5.97. The number of amides is 1. The molecule has 0 unspecified atom stereocenters. The second-order valence-corrected chi connectivity index (χ2v) is 8.91. The van der Waals surface area contributed by atoms with Crippen LogP contribution >= 0.6 is 0 Å². The van der Waals surface area contributed by atoms with E-state index in [0.717, 1.165) is 48.7 Å². The molecule has 1 fully saturated rings. The van der Waals surface area contributed by atoms with E-state index in [0.29, 0.717) is 0 Å². The Balaban J connectivity index is 1.46. The van der Waals surface area contributed by atoms with Crippen molar-refractivity contribution in [2.45, 2.75) is 38.5 Å². The zero-order chi connectivity index (χ0) is 21.8. The molecule has 0 saturated heterocycles. The molecule has 1 aliphatic rings. The zero-order valence-corrected chi connectivity index (χ0v) is 18.3. The van der Waals surface area contributed by atoms with Gasteiger partial charge in [-0.05, 0) is 48.1 Å². The first-order valence-electron chi connectivity index (χ1n) is 11.5. The molecule has 0 spiro atoms. The minimum absolute atomic E-state index is 0.122. The molecule has 0 radical (unpaired) electrons. The summed E-state index contributed by atoms with van der Waals surface area (Å²) in [5.41, 5.74) is 4.98. The van der Waals surface area contributed by atoms with Crippen molar-refractivity contribution in [1.82, 2.24) is 4.98 Å². The number of nitrogens with one attached hydrogen (secondary N) is 1. The number of pyridine rings is 1. The van der Waals surface area contributed by atoms with Gasteiger partial charge in [-0.1, -0.05) is 92.1 Å². The van der Waals surface area contributed by atoms with Crippen LogP contribution in [0.15, 0.2) is 91.1 Å². The molecule has 0 atom stereocenters. The molecule has 0 aliphatic heterocycles. The highest BCUT2D eigenvalue weighted by atomic mass is 16.2. The fraction of sp³-hybridized carbons (Fsp3) is 0.241. The quantitative estimate of drug-likeness (QED) is 0.376. The van der Waals surface area contributed by atoms with E-state index in [1.807, 2.05) is 36.4 Å². The molecule has 1 aromatic heterocycles. The molecule has 32 heavy (non-hydrogen) atoms. The largest absolute Gasteiger partial charge is 0.324 e. The average Bonchev–Trinajstić information content (AvgIpc) is 2.85. The van der Waals surface area contributed by atoms with Crippen molar-refractivity contribution in [1.29, 1.82) is 0 Å². The van der Waals surface area contributed by atoms with E-state index in [-0.39, 0.29) is 5.91 Å². The summed E-state index contributed by atoms with van der Waals surface area (Å²) >= 11 is 0. The summed E-state index contributed by atoms with van der Waals surface area (Å²) in [6.07, 6.45) is 7.76. The van der Waals surface area contributed by atoms with Crippen LogP contribution in [0.4, 0.5) is 5.69 Å². The summed E-state index contributed by atoms with van der Waals surface area (Å²) in [5.74, 6) is 0.122. The first-order chi connectivity index (χ1) is 15.7. The molecule has 1 N–H and O–H groups in total. The van der Waals surface area contributed by atoms with Crippen LogP contribution in [0.5, 0.6) is 0 Å². The van der Waals surface area contributed by atoms with E-state index in [9.17, 15) is 4.79 Å². The Hall–Kier alpha value is -3.46. The Kier molecular flexibility index (Phi) is 5.72. The van der Waals surface area contributed by atoms with Crippen LogP contribution in [-0.2, 0) is 11.2 Å². The maximum absolute atomic E-state index is 13.7. The lowest BCUT2D eigenvalue weighted by Crippen LogP contribution is -2.40. The molecule has 4 aromatic rings. The fourth-order valence-electron chi connectivity index (χ4n) is 5.05. The van der Waals surface area contributed by atoms with Crippen LogP contribution in [0, 0.1) is 5.41 Å². The van der Waals surface area contributed by atoms with Crippen molar-refractivity contribution >= 4 is 22.5 Å². The number of hydrogen-bond acceptors (Lipinski definition) is 2. The number of anilines is 1. The molecule has 0 bridgehead atoms. The number of aromatic nitrogens is 1. The lowest BCUT2D eigenvalue weighted by molar-refractivity contribution is -0.127. The molecule has 3 aromatic carbocycles. The molecule has 3 heteroatoms. The minimum atomic E-state index is -0.394. The van der Waals surface area contributed by atoms with Crippen molar-refractivity contribution < 1.29 is 4.79 Å². The van der Waals surface area contributed by atoms with Gasteiger partial charge in [0.15, 0.2) is 0 Å². The van der Waals surface area contributed by atoms with Crippen LogP contribution in [0.1, 0.15) is 37.7 Å². The average molecular weight is 421 g/mol. The van der Waals surface area contributed by atoms with Crippen molar-refractivity contribution in [3.8, 4) is 11.1 Å². The van der Waals surface area contributed by atoms with Crippen molar-refractivity contribution in [2.24, 2.45) is 5.41 Å². The standard InChI is InChI=1S/C29H28N2O/c32-28(31-25-19-23-13-6-8-16-27(23)30-21-25)29(17-9-2-10-18-29)20-24-14-5-7-15-26(24)22-11-3-1-4-12-22/h1,3-8,11-16,19,21H,2,9-10,17-18,20H2,(H,31,32). The molecular weight excluding hydrogens is 392 g/mol. The number of nitrogens with zero attached hydrogens (tertiary/aromatic N) is 1. The van der Waals surface area contributed by atoms with Crippen LogP contribution in [0.25, 0.3) is 22.0 Å². The van der Waals surface area contributed by atoms with E-state index < -0.39 is 5.41 Å². The zero-order valence-electron chi connectivity index (χ0n) is 18.3. The number of para-hydroxylation sites is 1. The molecule has 5 rings (SSSR count). The van der Waals surface area contributed by atoms with Gasteiger partial charge in [0.25, 0.3) is 0 Å². The van der Waals surface area contributed by atoms with Crippen LogP contribution in [0.2, 0.25) is 0 Å². The number of benzene rings is 3. The summed E-state index contributed by atoms with van der Waals surface area (Å²) in [6, 6.07) is 29.0. The number of carbonyl (C=O) groups excluding carboxylic acids is 1. The number of hydrogen-bond donors (Lipinski definition) is 1. The maximum Gasteiger partial charge on any atom is 0.230 e. The summed E-state index contributed by atoms with van der Waals surface area (Å²) in [6.45, 7) is 0. The SMILES string of the molecule is O=C(Nc1cnc2ccccc2c1)C1(Cc2ccccc2-c2ccccc2)CCCCC1. The molecule has 1 heterocycles. The van der Waals surface area contributed by atoms with Crippen molar-refractivity contribution in [3.05, 3.63) is 96.7 Å². The predicted molar refractivity (Wildman–Crippen MR) is 131 cm³/mol. The van der Waals surface area contributed by atoms with Crippen LogP contribution in [0.3, 0.4) is 0 Å². The van der Waals surface area contributed by atoms with Gasteiger partial charge in [-0.2, -0.15) is 0 Å². The van der Waals surface area contributed by atoms with Crippen LogP contribution in [-0.4, -0.2) is 10.9 Å². The van der Waals surface area contributed by atoms with Gasteiger partial charge < -0.3 is 5.32 Å². The second kappa shape index (κ2) is 8.96. The van der Waals surface area contributed by atoms with E-state index in [1.54, 1.807) is 6.20 Å². The highest BCUT2D eigenvalue weighted by Crippen LogP contribution is 2.42. The monoisotopic (exact) mass is 420 g/mol. The molecular formula is C29H28N2O. The first kappa shape index (κ1) is 20.4. The summed E-state index contributed by atoms with van der Waals surface area (Å²) in [4.78, 5) is 18.3. The molecule has 160 valence electrons. The maximum atomic E-state index is 13.7. The van der Waals surface area contributed by atoms with Gasteiger partial charge in [0.2, 0.25) is 5.91 Å². The van der Waals surface area contributed by atoms with E-state index in [4.69, 9.17) is 0 Å². The van der Waals surface area contributed by atoms with Crippen molar-refractivity contribution in [3.63, 3.8) is 0 Å². The molecule has 1 aliphatic carbocycles. The van der Waals surface area contributed by atoms with Gasteiger partial charge in [-0.3, -0.25) is 9.78 Å².